The molecule has 1 heterocycles. The summed E-state index contributed by atoms with van der Waals surface area (Å²) in [5.41, 5.74) is 0.701. The maximum atomic E-state index is 10.9. The molecule has 0 amide bonds. The molecule has 0 aromatic carbocycles. The highest BCUT2D eigenvalue weighted by molar-refractivity contribution is 5.94. The molecule has 1 rings (SSSR count). The number of hydrogen-bond donors (Lipinski definition) is 0. The molecule has 0 bridgehead atoms. The van der Waals surface area contributed by atoms with Crippen molar-refractivity contribution in [2.75, 3.05) is 0 Å². The van der Waals surface area contributed by atoms with Crippen molar-refractivity contribution >= 4 is 5.78 Å². The summed E-state index contributed by atoms with van der Waals surface area (Å²) in [6.07, 6.45) is 1.39. The molecule has 0 saturated carbocycles. The number of nitrogens with zero attached hydrogens (tertiary/aromatic N) is 3. The molecule has 0 aliphatic rings. The maximum absolute atomic E-state index is 10.9. The molecule has 56 valence electrons. The van der Waals surface area contributed by atoms with Crippen molar-refractivity contribution in [3.63, 3.8) is 0 Å². The van der Waals surface area contributed by atoms with Crippen LogP contribution in [0, 0.1) is 11.3 Å². The van der Waals surface area contributed by atoms with E-state index in [1.54, 1.807) is 7.05 Å². The Bertz CT molecular complexity index is 332. The van der Waals surface area contributed by atoms with Crippen molar-refractivity contribution in [1.29, 1.82) is 5.26 Å². The summed E-state index contributed by atoms with van der Waals surface area (Å²) in [6.45, 7) is 1.41. The molecule has 0 saturated heterocycles. The summed E-state index contributed by atoms with van der Waals surface area (Å²) < 4.78 is 1.40. The Labute approximate surface area is 64.1 Å². The largest absolute Gasteiger partial charge is 0.293 e. The van der Waals surface area contributed by atoms with Crippen LogP contribution in [0.15, 0.2) is 6.20 Å². The van der Waals surface area contributed by atoms with E-state index in [0.717, 1.165) is 0 Å². The summed E-state index contributed by atoms with van der Waals surface area (Å²) in [5, 5.41) is 12.3. The number of hydrogen-bond acceptors (Lipinski definition) is 3. The predicted molar refractivity (Wildman–Crippen MR) is 37.9 cm³/mol. The van der Waals surface area contributed by atoms with Gasteiger partial charge in [-0.3, -0.25) is 9.48 Å². The van der Waals surface area contributed by atoms with Gasteiger partial charge in [-0.05, 0) is 0 Å². The first kappa shape index (κ1) is 7.48. The Kier molecular flexibility index (Phi) is 1.73. The highest BCUT2D eigenvalue weighted by Crippen LogP contribution is 2.05. The number of carbonyl (C=O) groups excluding carboxylic acids is 1. The summed E-state index contributed by atoms with van der Waals surface area (Å²) in [4.78, 5) is 10.9. The molecule has 0 aliphatic carbocycles. The minimum absolute atomic E-state index is 0.137. The standard InChI is InChI=1S/C7H7N3O/c1-5(11)7-6(3-8)4-9-10(7)2/h4H,1-2H3. The van der Waals surface area contributed by atoms with Gasteiger partial charge in [0.25, 0.3) is 0 Å². The van der Waals surface area contributed by atoms with Crippen LogP contribution in [0.5, 0.6) is 0 Å². The third kappa shape index (κ3) is 1.13. The van der Waals surface area contributed by atoms with Crippen LogP contribution in [0.2, 0.25) is 0 Å². The van der Waals surface area contributed by atoms with Gasteiger partial charge < -0.3 is 0 Å². The van der Waals surface area contributed by atoms with Gasteiger partial charge in [0.15, 0.2) is 5.78 Å². The lowest BCUT2D eigenvalue weighted by Crippen LogP contribution is -2.04. The van der Waals surface area contributed by atoms with Crippen LogP contribution in [0.4, 0.5) is 0 Å². The monoisotopic (exact) mass is 149 g/mol. The fourth-order valence-electron chi connectivity index (χ4n) is 0.937. The zero-order valence-electron chi connectivity index (χ0n) is 6.33. The van der Waals surface area contributed by atoms with Gasteiger partial charge in [-0.2, -0.15) is 10.4 Å². The molecule has 1 aromatic rings. The van der Waals surface area contributed by atoms with E-state index < -0.39 is 0 Å². The Morgan fingerprint density at radius 1 is 1.82 bits per heavy atom. The van der Waals surface area contributed by atoms with E-state index in [-0.39, 0.29) is 5.78 Å². The number of nitriles is 1. The van der Waals surface area contributed by atoms with Gasteiger partial charge in [-0.1, -0.05) is 0 Å². The third-order valence-electron chi connectivity index (χ3n) is 1.39. The Hall–Kier alpha value is -1.63. The Balaban J connectivity index is 3.32. The second-order valence-corrected chi connectivity index (χ2v) is 2.20. The number of rotatable bonds is 1. The molecule has 0 spiro atoms. The summed E-state index contributed by atoms with van der Waals surface area (Å²) in [7, 11) is 1.64. The molecule has 1 aromatic heterocycles. The average Bonchev–Trinajstić information content (AvgIpc) is 2.30. The minimum Gasteiger partial charge on any atom is -0.293 e. The molecule has 4 nitrogen and oxygen atoms in total. The minimum atomic E-state index is -0.137. The number of aryl methyl sites for hydroxylation is 1. The number of carbonyl (C=O) groups is 1. The van der Waals surface area contributed by atoms with E-state index in [2.05, 4.69) is 5.10 Å². The van der Waals surface area contributed by atoms with Crippen LogP contribution < -0.4 is 0 Å². The zero-order chi connectivity index (χ0) is 8.43. The van der Waals surface area contributed by atoms with E-state index in [1.807, 2.05) is 6.07 Å². The molecule has 0 atom stereocenters. The summed E-state index contributed by atoms with van der Waals surface area (Å²) in [6, 6.07) is 1.89. The lowest BCUT2D eigenvalue weighted by atomic mass is 10.2. The smallest absolute Gasteiger partial charge is 0.179 e. The predicted octanol–water partition coefficient (Wildman–Crippen LogP) is 0.494. The Morgan fingerprint density at radius 3 is 2.82 bits per heavy atom. The molecule has 0 radical (unpaired) electrons. The molecule has 0 aliphatic heterocycles. The third-order valence-corrected chi connectivity index (χ3v) is 1.39. The van der Waals surface area contributed by atoms with Crippen LogP contribution in [0.25, 0.3) is 0 Å². The van der Waals surface area contributed by atoms with Gasteiger partial charge in [0, 0.05) is 14.0 Å². The highest BCUT2D eigenvalue weighted by Gasteiger charge is 2.11. The molecular formula is C7H7N3O. The second kappa shape index (κ2) is 2.54. The zero-order valence-corrected chi connectivity index (χ0v) is 6.33. The van der Waals surface area contributed by atoms with Crippen LogP contribution in [0.1, 0.15) is 23.0 Å². The van der Waals surface area contributed by atoms with Crippen LogP contribution in [-0.2, 0) is 7.05 Å². The fraction of sp³-hybridized carbons (Fsp3) is 0.286. The van der Waals surface area contributed by atoms with Gasteiger partial charge in [-0.25, -0.2) is 0 Å². The van der Waals surface area contributed by atoms with Crippen LogP contribution in [0.3, 0.4) is 0 Å². The normalized spacial score (nSPS) is 9.18. The lowest BCUT2D eigenvalue weighted by Gasteiger charge is -1.94. The van der Waals surface area contributed by atoms with E-state index in [0.29, 0.717) is 11.3 Å². The second-order valence-electron chi connectivity index (χ2n) is 2.20. The molecule has 0 fully saturated rings. The molecule has 4 heteroatoms. The topological polar surface area (TPSA) is 58.7 Å². The molecular weight excluding hydrogens is 142 g/mol. The van der Waals surface area contributed by atoms with Crippen molar-refractivity contribution in [3.8, 4) is 6.07 Å². The SMILES string of the molecule is CC(=O)c1c(C#N)cnn1C. The summed E-state index contributed by atoms with van der Waals surface area (Å²) in [5.74, 6) is -0.137. The van der Waals surface area contributed by atoms with E-state index >= 15 is 0 Å². The highest BCUT2D eigenvalue weighted by atomic mass is 16.1. The van der Waals surface area contributed by atoms with Crippen LogP contribution >= 0.6 is 0 Å². The molecule has 11 heavy (non-hydrogen) atoms. The van der Waals surface area contributed by atoms with Crippen LogP contribution in [-0.4, -0.2) is 15.6 Å². The van der Waals surface area contributed by atoms with Crippen molar-refractivity contribution < 1.29 is 4.79 Å². The summed E-state index contributed by atoms with van der Waals surface area (Å²) >= 11 is 0. The molecule has 0 unspecified atom stereocenters. The first-order valence-electron chi connectivity index (χ1n) is 3.10. The maximum Gasteiger partial charge on any atom is 0.179 e. The van der Waals surface area contributed by atoms with Crippen molar-refractivity contribution in [2.24, 2.45) is 7.05 Å². The van der Waals surface area contributed by atoms with Gasteiger partial charge in [-0.15, -0.1) is 0 Å². The van der Waals surface area contributed by atoms with E-state index in [9.17, 15) is 4.79 Å². The lowest BCUT2D eigenvalue weighted by molar-refractivity contribution is 0.100. The Morgan fingerprint density at radius 2 is 2.45 bits per heavy atom. The quantitative estimate of drug-likeness (QED) is 0.546. The van der Waals surface area contributed by atoms with Gasteiger partial charge in [0.05, 0.1) is 6.20 Å². The van der Waals surface area contributed by atoms with Crippen molar-refractivity contribution in [2.45, 2.75) is 6.92 Å². The first-order valence-corrected chi connectivity index (χ1v) is 3.10. The van der Waals surface area contributed by atoms with Gasteiger partial charge in [0.2, 0.25) is 0 Å². The van der Waals surface area contributed by atoms with Crippen molar-refractivity contribution in [1.82, 2.24) is 9.78 Å². The van der Waals surface area contributed by atoms with Crippen molar-refractivity contribution in [3.05, 3.63) is 17.5 Å². The number of Topliss-reactive ketones (excluding diaryl/α,β-unsaturated/α-hetero) is 1. The number of aromatic nitrogens is 2. The van der Waals surface area contributed by atoms with E-state index in [1.165, 1.54) is 17.8 Å². The molecule has 0 N–H and O–H groups in total. The fourth-order valence-corrected chi connectivity index (χ4v) is 0.937. The average molecular weight is 149 g/mol. The first-order chi connectivity index (χ1) is 5.16. The van der Waals surface area contributed by atoms with E-state index in [4.69, 9.17) is 5.26 Å². The van der Waals surface area contributed by atoms with Gasteiger partial charge in [0.1, 0.15) is 17.3 Å². The van der Waals surface area contributed by atoms with Gasteiger partial charge >= 0.3 is 0 Å². The number of ketones is 1.